The standard InChI is InChI=1S/C40H33F4N5O4/c41-33-6-2-1-5-28(33)23-46-36(50)21-32-38(52)48(34-7-3-4-8-35(34)49(39(32)53)31-19-11-25(22-45)12-20-31)24-26-9-17-30(18-10-26)47-37(51)27-13-15-29(16-14-27)40(42,43)44/h1-20,32H,21-24,45H2,(H,46,50)(H,47,51). The number of nitrogens with zero attached hydrogens (tertiary/aromatic N) is 2. The number of nitrogens with one attached hydrogen (secondary N) is 2. The summed E-state index contributed by atoms with van der Waals surface area (Å²) in [6.07, 6.45) is -5.04. The van der Waals surface area contributed by atoms with E-state index < -0.39 is 53.5 Å². The first kappa shape index (κ1) is 36.5. The molecule has 0 fully saturated rings. The number of fused-ring (bicyclic) bond motifs is 1. The molecule has 9 nitrogen and oxygen atoms in total. The van der Waals surface area contributed by atoms with Gasteiger partial charge in [-0.15, -0.1) is 0 Å². The van der Waals surface area contributed by atoms with Crippen LogP contribution in [0.25, 0.3) is 0 Å². The maximum absolute atomic E-state index is 14.4. The molecule has 53 heavy (non-hydrogen) atoms. The Morgan fingerprint density at radius 2 is 1.36 bits per heavy atom. The Morgan fingerprint density at radius 1 is 0.736 bits per heavy atom. The molecule has 0 bridgehead atoms. The second-order valence-electron chi connectivity index (χ2n) is 12.3. The van der Waals surface area contributed by atoms with Crippen molar-refractivity contribution < 1.29 is 36.7 Å². The zero-order valence-electron chi connectivity index (χ0n) is 28.1. The van der Waals surface area contributed by atoms with Crippen LogP contribution in [0.1, 0.15) is 39.0 Å². The highest BCUT2D eigenvalue weighted by Crippen LogP contribution is 2.40. The zero-order valence-corrected chi connectivity index (χ0v) is 28.1. The first-order valence-corrected chi connectivity index (χ1v) is 16.5. The quantitative estimate of drug-likeness (QED) is 0.105. The smallest absolute Gasteiger partial charge is 0.352 e. The number of hydrogen-bond acceptors (Lipinski definition) is 5. The third-order valence-electron chi connectivity index (χ3n) is 8.78. The highest BCUT2D eigenvalue weighted by atomic mass is 19.4. The summed E-state index contributed by atoms with van der Waals surface area (Å²) in [5.41, 5.74) is 8.25. The molecule has 4 amide bonds. The Hall–Kier alpha value is -6.34. The molecule has 0 aliphatic carbocycles. The Balaban J connectivity index is 1.27. The third kappa shape index (κ3) is 8.26. The highest BCUT2D eigenvalue weighted by molar-refractivity contribution is 6.21. The van der Waals surface area contributed by atoms with E-state index in [1.54, 1.807) is 78.9 Å². The fourth-order valence-corrected chi connectivity index (χ4v) is 5.94. The molecule has 1 atom stereocenters. The van der Waals surface area contributed by atoms with E-state index in [0.29, 0.717) is 28.3 Å². The molecule has 0 radical (unpaired) electrons. The molecule has 13 heteroatoms. The molecule has 1 heterocycles. The SMILES string of the molecule is NCc1ccc(N2C(=O)C(CC(=O)NCc3ccccc3F)C(=O)N(Cc3ccc(NC(=O)c4ccc(C(F)(F)F)cc4)cc3)c3ccccc32)cc1. The maximum Gasteiger partial charge on any atom is 0.416 e. The average Bonchev–Trinajstić information content (AvgIpc) is 3.24. The summed E-state index contributed by atoms with van der Waals surface area (Å²) >= 11 is 0. The lowest BCUT2D eigenvalue weighted by molar-refractivity contribution is -0.137. The Morgan fingerprint density at radius 3 is 2.00 bits per heavy atom. The van der Waals surface area contributed by atoms with E-state index in [4.69, 9.17) is 5.73 Å². The van der Waals surface area contributed by atoms with Crippen molar-refractivity contribution in [2.45, 2.75) is 32.2 Å². The fourth-order valence-electron chi connectivity index (χ4n) is 5.94. The average molecular weight is 724 g/mol. The Kier molecular flexibility index (Phi) is 10.7. The van der Waals surface area contributed by atoms with Crippen LogP contribution in [-0.4, -0.2) is 23.6 Å². The summed E-state index contributed by atoms with van der Waals surface area (Å²) in [6.45, 7) is 0.111. The molecule has 0 saturated heterocycles. The number of rotatable bonds is 10. The van der Waals surface area contributed by atoms with Crippen molar-refractivity contribution in [1.29, 1.82) is 0 Å². The summed E-state index contributed by atoms with van der Waals surface area (Å²) < 4.78 is 53.1. The molecule has 1 aliphatic rings. The second kappa shape index (κ2) is 15.5. The lowest BCUT2D eigenvalue weighted by atomic mass is 10.0. The second-order valence-corrected chi connectivity index (χ2v) is 12.3. The molecule has 0 aromatic heterocycles. The predicted octanol–water partition coefficient (Wildman–Crippen LogP) is 7.09. The number of carbonyl (C=O) groups excluding carboxylic acids is 4. The van der Waals surface area contributed by atoms with Crippen LogP contribution in [0.15, 0.2) is 121 Å². The molecule has 5 aromatic rings. The van der Waals surface area contributed by atoms with Gasteiger partial charge < -0.3 is 21.3 Å². The van der Waals surface area contributed by atoms with Gasteiger partial charge in [-0.05, 0) is 77.9 Å². The summed E-state index contributed by atoms with van der Waals surface area (Å²) in [5.74, 6) is -4.47. The van der Waals surface area contributed by atoms with Crippen molar-refractivity contribution in [3.05, 3.63) is 155 Å². The van der Waals surface area contributed by atoms with Gasteiger partial charge >= 0.3 is 6.18 Å². The largest absolute Gasteiger partial charge is 0.416 e. The van der Waals surface area contributed by atoms with Crippen LogP contribution in [0.5, 0.6) is 0 Å². The van der Waals surface area contributed by atoms with Crippen LogP contribution < -0.4 is 26.2 Å². The lowest BCUT2D eigenvalue weighted by Crippen LogP contribution is -2.43. The van der Waals surface area contributed by atoms with Gasteiger partial charge in [-0.3, -0.25) is 24.1 Å². The van der Waals surface area contributed by atoms with Crippen LogP contribution in [0, 0.1) is 11.7 Å². The molecule has 270 valence electrons. The van der Waals surface area contributed by atoms with E-state index in [2.05, 4.69) is 10.6 Å². The van der Waals surface area contributed by atoms with Gasteiger partial charge in [0.15, 0.2) is 0 Å². The normalized spacial score (nSPS) is 14.4. The number of anilines is 4. The molecule has 5 aromatic carbocycles. The number of para-hydroxylation sites is 2. The molecule has 6 rings (SSSR count). The fraction of sp³-hybridized carbons (Fsp3) is 0.150. The Labute approximate surface area is 302 Å². The van der Waals surface area contributed by atoms with Gasteiger partial charge in [-0.1, -0.05) is 54.6 Å². The van der Waals surface area contributed by atoms with Crippen LogP contribution in [-0.2, 0) is 40.2 Å². The third-order valence-corrected chi connectivity index (χ3v) is 8.78. The molecule has 4 N–H and O–H groups in total. The molecule has 0 saturated carbocycles. The van der Waals surface area contributed by atoms with Crippen molar-refractivity contribution in [1.82, 2.24) is 5.32 Å². The number of nitrogens with two attached hydrogens (primary N) is 1. The summed E-state index contributed by atoms with van der Waals surface area (Å²) in [7, 11) is 0. The van der Waals surface area contributed by atoms with Crippen LogP contribution in [0.4, 0.5) is 40.3 Å². The van der Waals surface area contributed by atoms with E-state index in [9.17, 15) is 36.7 Å². The lowest BCUT2D eigenvalue weighted by Gasteiger charge is -2.26. The number of benzene rings is 5. The number of amides is 4. The van der Waals surface area contributed by atoms with Gasteiger partial charge in [-0.25, -0.2) is 4.39 Å². The molecule has 1 aliphatic heterocycles. The van der Waals surface area contributed by atoms with Crippen molar-refractivity contribution in [3.63, 3.8) is 0 Å². The van der Waals surface area contributed by atoms with Crippen LogP contribution in [0.2, 0.25) is 0 Å². The van der Waals surface area contributed by atoms with Gasteiger partial charge in [0.2, 0.25) is 17.7 Å². The van der Waals surface area contributed by atoms with E-state index >= 15 is 0 Å². The monoisotopic (exact) mass is 723 g/mol. The summed E-state index contributed by atoms with van der Waals surface area (Å²) in [4.78, 5) is 57.6. The molecular weight excluding hydrogens is 690 g/mol. The minimum Gasteiger partial charge on any atom is -0.352 e. The number of carbonyl (C=O) groups is 4. The maximum atomic E-state index is 14.4. The van der Waals surface area contributed by atoms with Crippen molar-refractivity contribution in [2.24, 2.45) is 11.7 Å². The first-order valence-electron chi connectivity index (χ1n) is 16.5. The van der Waals surface area contributed by atoms with Crippen LogP contribution >= 0.6 is 0 Å². The van der Waals surface area contributed by atoms with Gasteiger partial charge in [0, 0.05) is 42.0 Å². The van der Waals surface area contributed by atoms with E-state index in [-0.39, 0.29) is 30.8 Å². The number of alkyl halides is 3. The van der Waals surface area contributed by atoms with E-state index in [0.717, 1.165) is 29.8 Å². The highest BCUT2D eigenvalue weighted by Gasteiger charge is 2.42. The molecular formula is C40H33F4N5O4. The van der Waals surface area contributed by atoms with Crippen molar-refractivity contribution in [3.8, 4) is 0 Å². The first-order chi connectivity index (χ1) is 25.4. The van der Waals surface area contributed by atoms with Gasteiger partial charge in [0.1, 0.15) is 11.7 Å². The van der Waals surface area contributed by atoms with E-state index in [1.807, 2.05) is 0 Å². The minimum absolute atomic E-state index is 0.0243. The van der Waals surface area contributed by atoms with Gasteiger partial charge in [-0.2, -0.15) is 13.2 Å². The summed E-state index contributed by atoms with van der Waals surface area (Å²) in [5, 5.41) is 5.28. The summed E-state index contributed by atoms with van der Waals surface area (Å²) in [6, 6.07) is 30.1. The Bertz CT molecular complexity index is 2140. The van der Waals surface area contributed by atoms with Crippen LogP contribution in [0.3, 0.4) is 0 Å². The van der Waals surface area contributed by atoms with E-state index in [1.165, 1.54) is 28.0 Å². The van der Waals surface area contributed by atoms with Gasteiger partial charge in [0.05, 0.1) is 23.5 Å². The predicted molar refractivity (Wildman–Crippen MR) is 191 cm³/mol. The van der Waals surface area contributed by atoms with Crippen molar-refractivity contribution in [2.75, 3.05) is 15.1 Å². The number of hydrogen-bond donors (Lipinski definition) is 3. The zero-order chi connectivity index (χ0) is 37.7. The van der Waals surface area contributed by atoms with Crippen molar-refractivity contribution >= 4 is 46.4 Å². The molecule has 0 spiro atoms. The molecule has 1 unspecified atom stereocenters. The minimum atomic E-state index is -4.53. The van der Waals surface area contributed by atoms with Gasteiger partial charge in [0.25, 0.3) is 5.91 Å². The number of halogens is 4. The topological polar surface area (TPSA) is 125 Å².